The number of nitrogen functional groups attached to an aromatic ring is 1. The third kappa shape index (κ3) is 3.33. The predicted molar refractivity (Wildman–Crippen MR) is 84.4 cm³/mol. The maximum atomic E-state index is 12.8. The van der Waals surface area contributed by atoms with Crippen LogP contribution in [0.4, 0.5) is 14.5 Å². The number of aliphatic hydroxyl groups excluding tert-OH is 1. The maximum Gasteiger partial charge on any atom is 0.265 e. The van der Waals surface area contributed by atoms with Crippen molar-refractivity contribution in [2.24, 2.45) is 0 Å². The fourth-order valence-electron chi connectivity index (χ4n) is 2.32. The van der Waals surface area contributed by atoms with Crippen molar-refractivity contribution in [1.82, 2.24) is 0 Å². The van der Waals surface area contributed by atoms with Crippen LogP contribution in [0.15, 0.2) is 30.3 Å². The fourth-order valence-corrected chi connectivity index (χ4v) is 2.58. The van der Waals surface area contributed by atoms with Gasteiger partial charge in [0.25, 0.3) is 6.43 Å². The zero-order chi connectivity index (χ0) is 17.1. The van der Waals surface area contributed by atoms with E-state index < -0.39 is 12.5 Å². The topological polar surface area (TPSA) is 64.7 Å². The highest BCUT2D eigenvalue weighted by Crippen LogP contribution is 2.40. The summed E-state index contributed by atoms with van der Waals surface area (Å²) >= 11 is 5.86. The molecule has 1 unspecified atom stereocenters. The van der Waals surface area contributed by atoms with Crippen LogP contribution in [-0.4, -0.2) is 19.3 Å². The summed E-state index contributed by atoms with van der Waals surface area (Å²) in [5, 5.41) is 10.4. The average molecular weight is 344 g/mol. The highest BCUT2D eigenvalue weighted by Gasteiger charge is 2.23. The van der Waals surface area contributed by atoms with Crippen molar-refractivity contribution in [3.05, 3.63) is 52.0 Å². The molecule has 2 aromatic rings. The number of ether oxygens (including phenoxy) is 2. The van der Waals surface area contributed by atoms with Gasteiger partial charge in [0.05, 0.1) is 14.2 Å². The second-order valence-corrected chi connectivity index (χ2v) is 5.20. The largest absolute Gasteiger partial charge is 0.493 e. The molecule has 3 N–H and O–H groups in total. The molecule has 2 rings (SSSR count). The van der Waals surface area contributed by atoms with Crippen LogP contribution in [0.3, 0.4) is 0 Å². The SMILES string of the molecule is COc1cccc(C(O)c2cc(Cl)c(C(F)F)cc2N)c1OC. The van der Waals surface area contributed by atoms with Crippen LogP contribution in [0.2, 0.25) is 5.02 Å². The standard InChI is InChI=1S/C16H16ClF2NO3/c1-22-13-5-3-4-8(15(13)23-2)14(21)10-6-11(17)9(16(18)19)7-12(10)20/h3-7,14,16,21H,20H2,1-2H3. The van der Waals surface area contributed by atoms with E-state index in [1.54, 1.807) is 18.2 Å². The molecule has 124 valence electrons. The van der Waals surface area contributed by atoms with Gasteiger partial charge in [-0.1, -0.05) is 23.7 Å². The first-order chi connectivity index (χ1) is 10.9. The summed E-state index contributed by atoms with van der Waals surface area (Å²) in [6, 6.07) is 7.27. The molecule has 23 heavy (non-hydrogen) atoms. The zero-order valence-electron chi connectivity index (χ0n) is 12.5. The number of rotatable bonds is 5. The van der Waals surface area contributed by atoms with Crippen LogP contribution in [0.1, 0.15) is 29.2 Å². The van der Waals surface area contributed by atoms with Crippen LogP contribution in [0.5, 0.6) is 11.5 Å². The molecule has 1 atom stereocenters. The molecule has 0 radical (unpaired) electrons. The van der Waals surface area contributed by atoms with E-state index in [0.717, 1.165) is 6.07 Å². The number of anilines is 1. The van der Waals surface area contributed by atoms with Crippen molar-refractivity contribution < 1.29 is 23.4 Å². The molecule has 0 heterocycles. The van der Waals surface area contributed by atoms with Crippen molar-refractivity contribution >= 4 is 17.3 Å². The van der Waals surface area contributed by atoms with Gasteiger partial charge in [-0.3, -0.25) is 0 Å². The molecule has 0 aromatic heterocycles. The zero-order valence-corrected chi connectivity index (χ0v) is 13.3. The Morgan fingerprint density at radius 3 is 2.35 bits per heavy atom. The van der Waals surface area contributed by atoms with Crippen molar-refractivity contribution in [3.63, 3.8) is 0 Å². The predicted octanol–water partition coefficient (Wildman–Crippen LogP) is 3.96. The summed E-state index contributed by atoms with van der Waals surface area (Å²) in [7, 11) is 2.90. The van der Waals surface area contributed by atoms with Crippen molar-refractivity contribution in [2.75, 3.05) is 20.0 Å². The second kappa shape index (κ2) is 7.02. The minimum Gasteiger partial charge on any atom is -0.493 e. The molecule has 0 fully saturated rings. The van der Waals surface area contributed by atoms with Gasteiger partial charge in [-0.25, -0.2) is 8.78 Å². The van der Waals surface area contributed by atoms with E-state index in [-0.39, 0.29) is 21.8 Å². The van der Waals surface area contributed by atoms with E-state index in [1.165, 1.54) is 20.3 Å². The number of halogens is 3. The monoisotopic (exact) mass is 343 g/mol. The average Bonchev–Trinajstić information content (AvgIpc) is 2.54. The minimum absolute atomic E-state index is 0.0158. The number of aliphatic hydroxyl groups is 1. The quantitative estimate of drug-likeness (QED) is 0.807. The molecule has 0 saturated carbocycles. The maximum absolute atomic E-state index is 12.8. The lowest BCUT2D eigenvalue weighted by atomic mass is 9.97. The van der Waals surface area contributed by atoms with Gasteiger partial charge in [0.1, 0.15) is 6.10 Å². The number of methoxy groups -OCH3 is 2. The van der Waals surface area contributed by atoms with Gasteiger partial charge in [0, 0.05) is 27.4 Å². The van der Waals surface area contributed by atoms with Crippen molar-refractivity contribution in [1.29, 1.82) is 0 Å². The van der Waals surface area contributed by atoms with Gasteiger partial charge in [-0.2, -0.15) is 0 Å². The molecule has 2 aromatic carbocycles. The molecule has 0 aliphatic heterocycles. The first kappa shape index (κ1) is 17.3. The van der Waals surface area contributed by atoms with Crippen molar-refractivity contribution in [2.45, 2.75) is 12.5 Å². The molecule has 7 heteroatoms. The molecule has 4 nitrogen and oxygen atoms in total. The number of hydrogen-bond donors (Lipinski definition) is 2. The molecule has 0 amide bonds. The number of benzene rings is 2. The Hall–Kier alpha value is -2.05. The van der Waals surface area contributed by atoms with E-state index in [9.17, 15) is 13.9 Å². The highest BCUT2D eigenvalue weighted by atomic mass is 35.5. The van der Waals surface area contributed by atoms with Gasteiger partial charge in [0.15, 0.2) is 11.5 Å². The molecular formula is C16H16ClF2NO3. The minimum atomic E-state index is -2.75. The number of hydrogen-bond acceptors (Lipinski definition) is 4. The van der Waals surface area contributed by atoms with E-state index in [4.69, 9.17) is 26.8 Å². The van der Waals surface area contributed by atoms with Gasteiger partial charge in [-0.05, 0) is 18.2 Å². The van der Waals surface area contributed by atoms with E-state index in [2.05, 4.69) is 0 Å². The molecule has 0 spiro atoms. The number of para-hydroxylation sites is 1. The Kier molecular flexibility index (Phi) is 5.28. The lowest BCUT2D eigenvalue weighted by Gasteiger charge is -2.19. The number of alkyl halides is 2. The molecule has 0 bridgehead atoms. The lowest BCUT2D eigenvalue weighted by Crippen LogP contribution is -2.07. The third-order valence-corrected chi connectivity index (χ3v) is 3.79. The van der Waals surface area contributed by atoms with Crippen LogP contribution >= 0.6 is 11.6 Å². The van der Waals surface area contributed by atoms with Crippen LogP contribution in [0.25, 0.3) is 0 Å². The van der Waals surface area contributed by atoms with Gasteiger partial charge in [0.2, 0.25) is 0 Å². The summed E-state index contributed by atoms with van der Waals surface area (Å²) in [4.78, 5) is 0. The normalized spacial score (nSPS) is 12.3. The molecular weight excluding hydrogens is 328 g/mol. The van der Waals surface area contributed by atoms with Crippen LogP contribution in [-0.2, 0) is 0 Å². The van der Waals surface area contributed by atoms with Crippen LogP contribution < -0.4 is 15.2 Å². The Balaban J connectivity index is 2.53. The summed E-state index contributed by atoms with van der Waals surface area (Å²) in [6.07, 6.45) is -3.95. The van der Waals surface area contributed by atoms with E-state index >= 15 is 0 Å². The first-order valence-electron chi connectivity index (χ1n) is 6.66. The summed E-state index contributed by atoms with van der Waals surface area (Å²) in [6.45, 7) is 0. The summed E-state index contributed by atoms with van der Waals surface area (Å²) in [5.74, 6) is 0.758. The van der Waals surface area contributed by atoms with E-state index in [1.807, 2.05) is 0 Å². The molecule has 0 saturated heterocycles. The highest BCUT2D eigenvalue weighted by molar-refractivity contribution is 6.31. The van der Waals surface area contributed by atoms with Crippen LogP contribution in [0, 0.1) is 0 Å². The Morgan fingerprint density at radius 2 is 1.78 bits per heavy atom. The molecule has 0 aliphatic carbocycles. The summed E-state index contributed by atoms with van der Waals surface area (Å²) < 4.78 is 36.1. The first-order valence-corrected chi connectivity index (χ1v) is 7.04. The van der Waals surface area contributed by atoms with Gasteiger partial charge < -0.3 is 20.3 Å². The Morgan fingerprint density at radius 1 is 1.09 bits per heavy atom. The molecule has 0 aliphatic rings. The number of nitrogens with two attached hydrogens (primary N) is 1. The lowest BCUT2D eigenvalue weighted by molar-refractivity contribution is 0.151. The van der Waals surface area contributed by atoms with Gasteiger partial charge in [-0.15, -0.1) is 0 Å². The smallest absolute Gasteiger partial charge is 0.265 e. The Labute approximate surface area is 137 Å². The second-order valence-electron chi connectivity index (χ2n) is 4.79. The third-order valence-electron chi connectivity index (χ3n) is 3.46. The van der Waals surface area contributed by atoms with E-state index in [0.29, 0.717) is 17.1 Å². The summed E-state index contributed by atoms with van der Waals surface area (Å²) in [5.41, 5.74) is 6.05. The van der Waals surface area contributed by atoms with Crippen molar-refractivity contribution in [3.8, 4) is 11.5 Å². The Bertz CT molecular complexity index is 710. The fraction of sp³-hybridized carbons (Fsp3) is 0.250. The van der Waals surface area contributed by atoms with Gasteiger partial charge >= 0.3 is 0 Å².